The Labute approximate surface area is 205 Å². The fraction of sp³-hybridized carbons (Fsp3) is 0.929. The average molecular weight is 466 g/mol. The molecule has 33 heavy (non-hydrogen) atoms. The maximum absolute atomic E-state index is 12.8. The summed E-state index contributed by atoms with van der Waals surface area (Å²) in [5, 5.41) is 3.03. The van der Waals surface area contributed by atoms with E-state index < -0.39 is 0 Å². The lowest BCUT2D eigenvalue weighted by molar-refractivity contribution is -0.135. The predicted molar refractivity (Wildman–Crippen MR) is 140 cm³/mol. The van der Waals surface area contributed by atoms with Crippen molar-refractivity contribution in [2.75, 3.05) is 19.6 Å². The van der Waals surface area contributed by atoms with Crippen molar-refractivity contribution in [1.29, 1.82) is 0 Å². The summed E-state index contributed by atoms with van der Waals surface area (Å²) in [7, 11) is 0. The molecule has 1 fully saturated rings. The zero-order valence-corrected chi connectivity index (χ0v) is 21.9. The van der Waals surface area contributed by atoms with Crippen LogP contribution in [0.1, 0.15) is 142 Å². The molecule has 1 saturated heterocycles. The molecule has 1 rings (SSSR count). The molecule has 5 heteroatoms. The fourth-order valence-corrected chi connectivity index (χ4v) is 4.83. The third-order valence-electron chi connectivity index (χ3n) is 7.01. The van der Waals surface area contributed by atoms with Crippen molar-refractivity contribution >= 4 is 11.8 Å². The van der Waals surface area contributed by atoms with Gasteiger partial charge in [0.05, 0.1) is 0 Å². The molecule has 2 amide bonds. The third-order valence-corrected chi connectivity index (χ3v) is 7.01. The van der Waals surface area contributed by atoms with Crippen LogP contribution >= 0.6 is 0 Å². The number of unbranched alkanes of at least 4 members (excludes halogenated alkanes) is 15. The number of hydrogen-bond acceptors (Lipinski definition) is 3. The van der Waals surface area contributed by atoms with Crippen molar-refractivity contribution in [2.45, 2.75) is 148 Å². The van der Waals surface area contributed by atoms with Crippen LogP contribution in [0.15, 0.2) is 0 Å². The Morgan fingerprint density at radius 3 is 1.70 bits per heavy atom. The number of amides is 2. The molecule has 0 aromatic carbocycles. The number of nitrogens with one attached hydrogen (secondary N) is 1. The van der Waals surface area contributed by atoms with Gasteiger partial charge in [-0.25, -0.2) is 0 Å². The van der Waals surface area contributed by atoms with Crippen molar-refractivity contribution < 1.29 is 9.59 Å². The van der Waals surface area contributed by atoms with Crippen LogP contribution in [0.3, 0.4) is 0 Å². The summed E-state index contributed by atoms with van der Waals surface area (Å²) in [4.78, 5) is 27.1. The highest BCUT2D eigenvalue weighted by Crippen LogP contribution is 2.15. The van der Waals surface area contributed by atoms with Gasteiger partial charge in [0.25, 0.3) is 0 Å². The Morgan fingerprint density at radius 1 is 0.727 bits per heavy atom. The van der Waals surface area contributed by atoms with Crippen molar-refractivity contribution in [1.82, 2.24) is 10.2 Å². The molecule has 5 nitrogen and oxygen atoms in total. The number of carbonyl (C=O) groups excluding carboxylic acids is 2. The van der Waals surface area contributed by atoms with Gasteiger partial charge in [-0.1, -0.05) is 96.8 Å². The van der Waals surface area contributed by atoms with Gasteiger partial charge in [-0.3, -0.25) is 9.59 Å². The molecule has 0 unspecified atom stereocenters. The summed E-state index contributed by atoms with van der Waals surface area (Å²) in [5.41, 5.74) is 5.60. The number of nitrogens with two attached hydrogens (primary N) is 1. The van der Waals surface area contributed by atoms with Crippen molar-refractivity contribution in [3.63, 3.8) is 0 Å². The normalized spacial score (nSPS) is 14.5. The van der Waals surface area contributed by atoms with Crippen LogP contribution in [0, 0.1) is 0 Å². The Balaban J connectivity index is 2.01. The first-order valence-electron chi connectivity index (χ1n) is 14.5. The van der Waals surface area contributed by atoms with E-state index in [0.29, 0.717) is 19.4 Å². The van der Waals surface area contributed by atoms with Crippen molar-refractivity contribution in [2.24, 2.45) is 5.73 Å². The van der Waals surface area contributed by atoms with Gasteiger partial charge in [0.2, 0.25) is 11.8 Å². The van der Waals surface area contributed by atoms with Crippen LogP contribution in [0.5, 0.6) is 0 Å². The second kappa shape index (κ2) is 21.4. The molecule has 0 aromatic heterocycles. The van der Waals surface area contributed by atoms with Crippen LogP contribution in [-0.4, -0.2) is 42.4 Å². The summed E-state index contributed by atoms with van der Waals surface area (Å²) >= 11 is 0. The summed E-state index contributed by atoms with van der Waals surface area (Å²) in [6, 6.07) is -0.363. The highest BCUT2D eigenvalue weighted by molar-refractivity contribution is 5.87. The van der Waals surface area contributed by atoms with Crippen LogP contribution < -0.4 is 11.1 Å². The lowest BCUT2D eigenvalue weighted by Gasteiger charge is -2.24. The van der Waals surface area contributed by atoms with E-state index in [1.54, 1.807) is 0 Å². The van der Waals surface area contributed by atoms with Gasteiger partial charge in [-0.05, 0) is 45.1 Å². The van der Waals surface area contributed by atoms with E-state index in [2.05, 4.69) is 12.2 Å². The largest absolute Gasteiger partial charge is 0.344 e. The first-order valence-corrected chi connectivity index (χ1v) is 14.5. The molecule has 0 bridgehead atoms. The molecule has 1 aliphatic heterocycles. The average Bonchev–Trinajstić information content (AvgIpc) is 3.35. The molecule has 0 saturated carbocycles. The fourth-order valence-electron chi connectivity index (χ4n) is 4.83. The molecule has 1 heterocycles. The molecule has 0 spiro atoms. The zero-order chi connectivity index (χ0) is 24.0. The first kappa shape index (κ1) is 29.9. The molecule has 0 aliphatic carbocycles. The number of likely N-dealkylation sites (tertiary alicyclic amines) is 1. The van der Waals surface area contributed by atoms with Crippen molar-refractivity contribution in [3.8, 4) is 0 Å². The van der Waals surface area contributed by atoms with Gasteiger partial charge in [0.1, 0.15) is 6.04 Å². The maximum Gasteiger partial charge on any atom is 0.245 e. The lowest BCUT2D eigenvalue weighted by Crippen LogP contribution is -2.47. The molecular weight excluding hydrogens is 410 g/mol. The Hall–Kier alpha value is -1.10. The van der Waals surface area contributed by atoms with E-state index in [0.717, 1.165) is 51.6 Å². The van der Waals surface area contributed by atoms with Gasteiger partial charge < -0.3 is 16.0 Å². The molecule has 0 aromatic rings. The van der Waals surface area contributed by atoms with Gasteiger partial charge >= 0.3 is 0 Å². The van der Waals surface area contributed by atoms with Crippen LogP contribution in [0.2, 0.25) is 0 Å². The monoisotopic (exact) mass is 465 g/mol. The van der Waals surface area contributed by atoms with Crippen LogP contribution in [0.25, 0.3) is 0 Å². The van der Waals surface area contributed by atoms with Gasteiger partial charge in [0, 0.05) is 19.5 Å². The topological polar surface area (TPSA) is 75.4 Å². The van der Waals surface area contributed by atoms with Crippen LogP contribution in [0.4, 0.5) is 0 Å². The van der Waals surface area contributed by atoms with E-state index >= 15 is 0 Å². The van der Waals surface area contributed by atoms with Crippen molar-refractivity contribution in [3.05, 3.63) is 0 Å². The zero-order valence-electron chi connectivity index (χ0n) is 21.9. The number of nitrogens with zero attached hydrogens (tertiary/aromatic N) is 1. The molecule has 3 N–H and O–H groups in total. The highest BCUT2D eigenvalue weighted by atomic mass is 16.2. The van der Waals surface area contributed by atoms with E-state index in [4.69, 9.17) is 5.73 Å². The van der Waals surface area contributed by atoms with E-state index in [-0.39, 0.29) is 17.9 Å². The Kier molecular flexibility index (Phi) is 19.4. The number of hydrogen-bond donors (Lipinski definition) is 2. The summed E-state index contributed by atoms with van der Waals surface area (Å²) in [6.45, 7) is 4.58. The minimum absolute atomic E-state index is 0.0370. The molecule has 1 atom stereocenters. The number of rotatable bonds is 22. The second-order valence-corrected chi connectivity index (χ2v) is 10.1. The summed E-state index contributed by atoms with van der Waals surface area (Å²) in [5.74, 6) is 0.143. The maximum atomic E-state index is 12.8. The Bertz CT molecular complexity index is 478. The molecular formula is C28H55N3O2. The summed E-state index contributed by atoms with van der Waals surface area (Å²) < 4.78 is 0. The molecule has 1 aliphatic rings. The van der Waals surface area contributed by atoms with Gasteiger partial charge in [-0.15, -0.1) is 0 Å². The minimum Gasteiger partial charge on any atom is -0.344 e. The minimum atomic E-state index is -0.363. The quantitative estimate of drug-likeness (QED) is 0.180. The van der Waals surface area contributed by atoms with Crippen LogP contribution in [-0.2, 0) is 9.59 Å². The second-order valence-electron chi connectivity index (χ2n) is 10.1. The SMILES string of the molecule is CCCCCCCCCCCCCCCCCC(=O)N[C@@H](CCCCN)C(=O)N1CCCC1. The van der Waals surface area contributed by atoms with Gasteiger partial charge in [0.15, 0.2) is 0 Å². The van der Waals surface area contributed by atoms with Gasteiger partial charge in [-0.2, -0.15) is 0 Å². The standard InChI is InChI=1S/C28H55N3O2/c1-2-3-4-5-6-7-8-9-10-11-12-13-14-15-16-22-27(32)30-26(21-17-18-23-29)28(33)31-24-19-20-25-31/h26H,2-25,29H2,1H3,(H,30,32)/t26-/m0/s1. The lowest BCUT2D eigenvalue weighted by atomic mass is 10.0. The third kappa shape index (κ3) is 16.2. The number of carbonyl (C=O) groups is 2. The van der Waals surface area contributed by atoms with E-state index in [1.165, 1.54) is 83.5 Å². The predicted octanol–water partition coefficient (Wildman–Crippen LogP) is 6.48. The van der Waals surface area contributed by atoms with E-state index in [9.17, 15) is 9.59 Å². The highest BCUT2D eigenvalue weighted by Gasteiger charge is 2.27. The molecule has 0 radical (unpaired) electrons. The van der Waals surface area contributed by atoms with E-state index in [1.807, 2.05) is 4.90 Å². The molecule has 194 valence electrons. The summed E-state index contributed by atoms with van der Waals surface area (Å²) in [6.07, 6.45) is 25.1. The first-order chi connectivity index (χ1) is 16.2. The Morgan fingerprint density at radius 2 is 1.21 bits per heavy atom. The smallest absolute Gasteiger partial charge is 0.245 e.